The molecule has 85 heavy (non-hydrogen) atoms. The molecule has 5 heterocycles. The number of allylic oxidation sites excluding steroid dienone is 1. The number of fused-ring (bicyclic) bond motifs is 7. The summed E-state index contributed by atoms with van der Waals surface area (Å²) in [5.41, 5.74) is -2.86. The zero-order chi connectivity index (χ0) is 62.2. The van der Waals surface area contributed by atoms with Crippen molar-refractivity contribution >= 4 is 5.97 Å². The summed E-state index contributed by atoms with van der Waals surface area (Å²) in [5.74, 6) is -1.37. The van der Waals surface area contributed by atoms with Crippen LogP contribution in [0, 0.1) is 50.2 Å². The van der Waals surface area contributed by atoms with Gasteiger partial charge >= 0.3 is 5.97 Å². The normalized spacial score (nSPS) is 55.0. The van der Waals surface area contributed by atoms with Gasteiger partial charge in [-0.05, 0) is 111 Å². The Balaban J connectivity index is 0.914. The molecule has 488 valence electrons. The highest BCUT2D eigenvalue weighted by Crippen LogP contribution is 2.76. The van der Waals surface area contributed by atoms with Gasteiger partial charge in [-0.3, -0.25) is 4.79 Å². The number of ether oxygens (including phenoxy) is 10. The van der Waals surface area contributed by atoms with Gasteiger partial charge in [-0.2, -0.15) is 0 Å². The van der Waals surface area contributed by atoms with Crippen LogP contribution in [0.3, 0.4) is 0 Å². The van der Waals surface area contributed by atoms with Crippen molar-refractivity contribution in [2.45, 2.75) is 280 Å². The Bertz CT molecular complexity index is 2380. The molecule has 5 saturated heterocycles. The molecule has 33 atom stereocenters. The number of aliphatic hydroxyl groups excluding tert-OH is 15. The highest BCUT2D eigenvalue weighted by Gasteiger charge is 2.72. The van der Waals surface area contributed by atoms with Crippen LogP contribution in [0.1, 0.15) is 120 Å². The van der Waals surface area contributed by atoms with E-state index in [1.807, 2.05) is 13.8 Å². The van der Waals surface area contributed by atoms with Gasteiger partial charge in [0.1, 0.15) is 97.7 Å². The number of hydrogen-bond acceptors (Lipinski definition) is 26. The second-order valence-electron chi connectivity index (χ2n) is 28.6. The third kappa shape index (κ3) is 10.8. The summed E-state index contributed by atoms with van der Waals surface area (Å²) in [6.07, 6.45) is -32.7. The number of carbonyl (C=O) groups excluding carboxylic acids is 1. The van der Waals surface area contributed by atoms with E-state index in [2.05, 4.69) is 40.7 Å². The Hall–Kier alpha value is -1.75. The molecule has 10 aliphatic rings. The fourth-order valence-electron chi connectivity index (χ4n) is 17.6. The Labute approximate surface area is 494 Å². The van der Waals surface area contributed by atoms with Crippen molar-refractivity contribution in [3.8, 4) is 0 Å². The number of carbonyl (C=O) groups is 1. The van der Waals surface area contributed by atoms with Crippen LogP contribution < -0.4 is 0 Å². The lowest BCUT2D eigenvalue weighted by atomic mass is 9.33. The molecule has 0 amide bonds. The van der Waals surface area contributed by atoms with Crippen molar-refractivity contribution in [1.29, 1.82) is 0 Å². The third-order valence-electron chi connectivity index (χ3n) is 23.3. The van der Waals surface area contributed by atoms with Gasteiger partial charge in [-0.15, -0.1) is 0 Å². The predicted molar refractivity (Wildman–Crippen MR) is 288 cm³/mol. The lowest BCUT2D eigenvalue weighted by Gasteiger charge is -2.71. The van der Waals surface area contributed by atoms with E-state index >= 15 is 4.79 Å². The van der Waals surface area contributed by atoms with Crippen molar-refractivity contribution in [3.63, 3.8) is 0 Å². The molecule has 26 nitrogen and oxygen atoms in total. The third-order valence-corrected chi connectivity index (χ3v) is 23.3. The van der Waals surface area contributed by atoms with Crippen LogP contribution in [0.5, 0.6) is 0 Å². The van der Waals surface area contributed by atoms with Gasteiger partial charge in [-0.25, -0.2) is 0 Å². The van der Waals surface area contributed by atoms with Gasteiger partial charge in [0.05, 0.1) is 49.7 Å². The SMILES string of the molecule is C[C@@H]1O[C@@H](O[C@H]2[C@H](OC(=O)[C@]34CCC(C)(C)[C@@H](O)[C@H]3C3=CC[C@@H]5[C@@]6(C)CCC(O[C@@H]7OC[C@H](O)[C@H](O[C@@H]8O[C@H](CO)[C@@H](O)[C@H](O)[C@H]8O)[C@H]7O[C@@H]7O[C@@H](C)[C@H](O)[C@@H](O)[C@H]7O)C(C)(C)[C@@H]6CC[C@@]5(C)[C@]3(C)CC4)O[C@H](CO)[C@@H](O)[C@@H]2O)[C@H](O)[C@H](O)[C@H]1O. The molecule has 9 fully saturated rings. The van der Waals surface area contributed by atoms with Gasteiger partial charge < -0.3 is 124 Å². The second kappa shape index (κ2) is 24.1. The van der Waals surface area contributed by atoms with Crippen LogP contribution in [0.15, 0.2) is 11.6 Å². The predicted octanol–water partition coefficient (Wildman–Crippen LogP) is -2.55. The summed E-state index contributed by atoms with van der Waals surface area (Å²) in [7, 11) is 0. The first-order chi connectivity index (χ1) is 39.7. The summed E-state index contributed by atoms with van der Waals surface area (Å²) in [6.45, 7) is 16.2. The van der Waals surface area contributed by atoms with E-state index in [4.69, 9.17) is 47.4 Å². The van der Waals surface area contributed by atoms with Gasteiger partial charge in [0.25, 0.3) is 0 Å². The van der Waals surface area contributed by atoms with E-state index in [1.165, 1.54) is 13.8 Å². The van der Waals surface area contributed by atoms with Crippen LogP contribution >= 0.6 is 0 Å². The molecule has 0 aromatic carbocycles. The van der Waals surface area contributed by atoms with Crippen molar-refractivity contribution in [1.82, 2.24) is 0 Å². The van der Waals surface area contributed by atoms with Crippen LogP contribution in [0.4, 0.5) is 0 Å². The number of esters is 1. The molecular formula is C59H96O26. The van der Waals surface area contributed by atoms with Crippen molar-refractivity contribution < 1.29 is 129 Å². The van der Waals surface area contributed by atoms with E-state index in [0.717, 1.165) is 18.4 Å². The molecule has 10 rings (SSSR count). The first-order valence-corrected chi connectivity index (χ1v) is 30.6. The number of hydrogen-bond donors (Lipinski definition) is 15. The summed E-state index contributed by atoms with van der Waals surface area (Å²) < 4.78 is 61.2. The minimum absolute atomic E-state index is 0.0295. The molecule has 5 aliphatic heterocycles. The monoisotopic (exact) mass is 1220 g/mol. The first kappa shape index (κ1) is 66.2. The maximum absolute atomic E-state index is 15.4. The highest BCUT2D eigenvalue weighted by molar-refractivity contribution is 5.79. The van der Waals surface area contributed by atoms with E-state index < -0.39 is 206 Å². The summed E-state index contributed by atoms with van der Waals surface area (Å²) in [4.78, 5) is 15.4. The molecule has 26 heteroatoms. The van der Waals surface area contributed by atoms with Crippen LogP contribution in [-0.4, -0.2) is 262 Å². The summed E-state index contributed by atoms with van der Waals surface area (Å²) in [6, 6.07) is 0. The molecule has 1 unspecified atom stereocenters. The van der Waals surface area contributed by atoms with Gasteiger partial charge in [0.15, 0.2) is 31.3 Å². The maximum atomic E-state index is 15.4. The van der Waals surface area contributed by atoms with Crippen LogP contribution in [-0.2, 0) is 52.2 Å². The quantitative estimate of drug-likeness (QED) is 0.0544. The summed E-state index contributed by atoms with van der Waals surface area (Å²) >= 11 is 0. The first-order valence-electron chi connectivity index (χ1n) is 30.6. The van der Waals surface area contributed by atoms with Gasteiger partial charge in [-0.1, -0.05) is 60.1 Å². The van der Waals surface area contributed by atoms with E-state index in [-0.39, 0.29) is 29.3 Å². The van der Waals surface area contributed by atoms with Crippen molar-refractivity contribution in [3.05, 3.63) is 11.6 Å². The van der Waals surface area contributed by atoms with Crippen molar-refractivity contribution in [2.75, 3.05) is 19.8 Å². The van der Waals surface area contributed by atoms with Gasteiger partial charge in [0.2, 0.25) is 6.29 Å². The molecule has 15 N–H and O–H groups in total. The highest BCUT2D eigenvalue weighted by atomic mass is 16.8. The largest absolute Gasteiger partial charge is 0.432 e. The second-order valence-corrected chi connectivity index (χ2v) is 28.6. The molecule has 0 radical (unpaired) electrons. The van der Waals surface area contributed by atoms with E-state index in [9.17, 15) is 76.6 Å². The smallest absolute Gasteiger partial charge is 0.315 e. The zero-order valence-electron chi connectivity index (χ0n) is 50.0. The molecule has 0 aromatic rings. The fourth-order valence-corrected chi connectivity index (χ4v) is 17.6. The van der Waals surface area contributed by atoms with Crippen LogP contribution in [0.2, 0.25) is 0 Å². The van der Waals surface area contributed by atoms with Crippen LogP contribution in [0.25, 0.3) is 0 Å². The standard InChI is InChI=1S/C59H96O26/c1-23-33(63)37(67)41(71)48(77-23)83-45-40(70)36(66)28(21-61)80-52(45)85-53(75)59-18-16-54(3,4)47(74)32(59)25-10-11-30-56(7)14-13-31(55(5,6)29(56)12-15-58(30,9)57(25,8)17-19-59)81-51-46(84-49-42(72)38(68)34(64)24(2)78-49)44(26(62)22-76-51)82-50-43(73)39(69)35(65)27(20-60)79-50/h10,23-24,26-52,60-74H,11-22H2,1-9H3/t23-,24-,26-,27+,28+,29-,30+,31?,32+,33-,34-,35+,36+,37+,38+,39-,40-,41+,42+,43+,44-,45+,46+,47-,48-,49-,50-,51-,52-,56-,57+,58+,59-/m0/s1. The van der Waals surface area contributed by atoms with Crippen molar-refractivity contribution in [2.24, 2.45) is 50.2 Å². The molecule has 0 spiro atoms. The Morgan fingerprint density at radius 1 is 0.529 bits per heavy atom. The Morgan fingerprint density at radius 2 is 1.05 bits per heavy atom. The minimum atomic E-state index is -1.86. The Morgan fingerprint density at radius 3 is 1.64 bits per heavy atom. The fraction of sp³-hybridized carbons (Fsp3) is 0.949. The average Bonchev–Trinajstić information content (AvgIpc) is 0.700. The molecular weight excluding hydrogens is 1120 g/mol. The lowest BCUT2D eigenvalue weighted by molar-refractivity contribution is -0.388. The molecule has 0 aromatic heterocycles. The van der Waals surface area contributed by atoms with Gasteiger partial charge in [0, 0.05) is 5.92 Å². The molecule has 0 bridgehead atoms. The number of aliphatic hydroxyl groups is 15. The van der Waals surface area contributed by atoms with E-state index in [1.54, 1.807) is 0 Å². The average molecular weight is 1220 g/mol. The molecule has 4 saturated carbocycles. The topological polar surface area (TPSA) is 413 Å². The summed E-state index contributed by atoms with van der Waals surface area (Å²) in [5, 5.41) is 164. The number of rotatable bonds is 12. The minimum Gasteiger partial charge on any atom is -0.432 e. The van der Waals surface area contributed by atoms with E-state index in [0.29, 0.717) is 44.9 Å². The Kier molecular flexibility index (Phi) is 18.7. The maximum Gasteiger partial charge on any atom is 0.315 e. The molecule has 5 aliphatic carbocycles. The lowest BCUT2D eigenvalue weighted by Crippen LogP contribution is -2.68. The zero-order valence-corrected chi connectivity index (χ0v) is 50.0.